The summed E-state index contributed by atoms with van der Waals surface area (Å²) in [6.07, 6.45) is 5.96. The fourth-order valence-electron chi connectivity index (χ4n) is 1.04. The molecule has 0 unspecified atom stereocenters. The summed E-state index contributed by atoms with van der Waals surface area (Å²) in [6.45, 7) is 6.44. The SMILES string of the molecule is C#CCN(C)[C@H](CO)CC(=C)C. The minimum atomic E-state index is 0.110. The van der Waals surface area contributed by atoms with Gasteiger partial charge in [0.2, 0.25) is 0 Å². The molecule has 0 aliphatic carbocycles. The molecule has 0 rings (SSSR count). The topological polar surface area (TPSA) is 23.5 Å². The van der Waals surface area contributed by atoms with Gasteiger partial charge in [0, 0.05) is 6.04 Å². The van der Waals surface area contributed by atoms with E-state index in [1.165, 1.54) is 0 Å². The molecule has 0 radical (unpaired) electrons. The molecule has 2 heteroatoms. The van der Waals surface area contributed by atoms with E-state index in [-0.39, 0.29) is 12.6 Å². The van der Waals surface area contributed by atoms with Gasteiger partial charge in [-0.2, -0.15) is 0 Å². The Balaban J connectivity index is 3.97. The molecule has 0 saturated heterocycles. The highest BCUT2D eigenvalue weighted by Gasteiger charge is 2.11. The first-order valence-electron chi connectivity index (χ1n) is 4.00. The molecule has 2 nitrogen and oxygen atoms in total. The fourth-order valence-corrected chi connectivity index (χ4v) is 1.04. The Morgan fingerprint density at radius 2 is 2.33 bits per heavy atom. The van der Waals surface area contributed by atoms with Crippen LogP contribution >= 0.6 is 0 Å². The first-order chi connectivity index (χ1) is 5.61. The third-order valence-electron chi connectivity index (χ3n) is 1.76. The lowest BCUT2D eigenvalue weighted by molar-refractivity contribution is 0.158. The normalized spacial score (nSPS) is 12.6. The van der Waals surface area contributed by atoms with E-state index in [1.807, 2.05) is 18.9 Å². The van der Waals surface area contributed by atoms with Crippen molar-refractivity contribution in [3.63, 3.8) is 0 Å². The van der Waals surface area contributed by atoms with Crippen molar-refractivity contribution in [1.82, 2.24) is 4.90 Å². The zero-order valence-corrected chi connectivity index (χ0v) is 7.88. The second-order valence-electron chi connectivity index (χ2n) is 3.12. The molecule has 0 fully saturated rings. The van der Waals surface area contributed by atoms with E-state index in [1.54, 1.807) is 0 Å². The van der Waals surface area contributed by atoms with Crippen molar-refractivity contribution in [2.45, 2.75) is 19.4 Å². The van der Waals surface area contributed by atoms with Gasteiger partial charge in [0.15, 0.2) is 0 Å². The molecule has 0 bridgehead atoms. The molecular weight excluding hydrogens is 150 g/mol. The van der Waals surface area contributed by atoms with Crippen LogP contribution in [0.2, 0.25) is 0 Å². The van der Waals surface area contributed by atoms with Gasteiger partial charge in [-0.15, -0.1) is 13.0 Å². The maximum absolute atomic E-state index is 9.02. The van der Waals surface area contributed by atoms with Crippen LogP contribution in [0.15, 0.2) is 12.2 Å². The first kappa shape index (κ1) is 11.2. The zero-order chi connectivity index (χ0) is 9.56. The molecule has 1 atom stereocenters. The second-order valence-corrected chi connectivity index (χ2v) is 3.12. The van der Waals surface area contributed by atoms with Gasteiger partial charge in [0.25, 0.3) is 0 Å². The Kier molecular flexibility index (Phi) is 5.44. The molecular formula is C10H17NO. The van der Waals surface area contributed by atoms with Crippen molar-refractivity contribution in [2.24, 2.45) is 0 Å². The largest absolute Gasteiger partial charge is 0.395 e. The molecule has 0 spiro atoms. The van der Waals surface area contributed by atoms with Crippen LogP contribution in [0.3, 0.4) is 0 Å². The van der Waals surface area contributed by atoms with Crippen molar-refractivity contribution >= 4 is 0 Å². The van der Waals surface area contributed by atoms with Crippen LogP contribution in [0.4, 0.5) is 0 Å². The van der Waals surface area contributed by atoms with E-state index in [4.69, 9.17) is 11.5 Å². The highest BCUT2D eigenvalue weighted by Crippen LogP contribution is 2.06. The third kappa shape index (κ3) is 4.17. The highest BCUT2D eigenvalue weighted by molar-refractivity contribution is 4.96. The lowest BCUT2D eigenvalue weighted by Gasteiger charge is -2.24. The van der Waals surface area contributed by atoms with Crippen molar-refractivity contribution in [3.8, 4) is 12.3 Å². The Morgan fingerprint density at radius 3 is 2.67 bits per heavy atom. The number of aliphatic hydroxyl groups is 1. The van der Waals surface area contributed by atoms with Crippen LogP contribution in [0, 0.1) is 12.3 Å². The van der Waals surface area contributed by atoms with Crippen LogP contribution < -0.4 is 0 Å². The number of rotatable bonds is 5. The molecule has 1 N–H and O–H groups in total. The van der Waals surface area contributed by atoms with Gasteiger partial charge in [-0.05, 0) is 20.4 Å². The number of aliphatic hydroxyl groups excluding tert-OH is 1. The first-order valence-corrected chi connectivity index (χ1v) is 4.00. The highest BCUT2D eigenvalue weighted by atomic mass is 16.3. The summed E-state index contributed by atoms with van der Waals surface area (Å²) in [5, 5.41) is 9.02. The standard InChI is InChI=1S/C10H17NO/c1-5-6-11(4)10(8-12)7-9(2)3/h1,10,12H,2,6-8H2,3-4H3/t10-/m0/s1. The van der Waals surface area contributed by atoms with E-state index in [2.05, 4.69) is 12.5 Å². The van der Waals surface area contributed by atoms with Crippen molar-refractivity contribution in [2.75, 3.05) is 20.2 Å². The fraction of sp³-hybridized carbons (Fsp3) is 0.600. The summed E-state index contributed by atoms with van der Waals surface area (Å²) in [7, 11) is 1.91. The van der Waals surface area contributed by atoms with Gasteiger partial charge in [-0.1, -0.05) is 11.5 Å². The maximum Gasteiger partial charge on any atom is 0.0599 e. The van der Waals surface area contributed by atoms with E-state index in [0.29, 0.717) is 6.54 Å². The van der Waals surface area contributed by atoms with Gasteiger partial charge in [-0.3, -0.25) is 4.90 Å². The Hall–Kier alpha value is -0.780. The number of nitrogens with zero attached hydrogens (tertiary/aromatic N) is 1. The zero-order valence-electron chi connectivity index (χ0n) is 7.88. The third-order valence-corrected chi connectivity index (χ3v) is 1.76. The molecule has 0 saturated carbocycles. The Bertz CT molecular complexity index is 181. The van der Waals surface area contributed by atoms with Crippen LogP contribution in [-0.4, -0.2) is 36.2 Å². The Labute approximate surface area is 74.9 Å². The molecule has 0 amide bonds. The minimum absolute atomic E-state index is 0.110. The molecule has 0 aromatic carbocycles. The lowest BCUT2D eigenvalue weighted by Crippen LogP contribution is -2.35. The van der Waals surface area contributed by atoms with Crippen molar-refractivity contribution in [3.05, 3.63) is 12.2 Å². The average Bonchev–Trinajstić information content (AvgIpc) is 2.00. The van der Waals surface area contributed by atoms with Gasteiger partial charge < -0.3 is 5.11 Å². The van der Waals surface area contributed by atoms with Crippen LogP contribution in [0.5, 0.6) is 0 Å². The minimum Gasteiger partial charge on any atom is -0.395 e. The molecule has 0 aromatic heterocycles. The van der Waals surface area contributed by atoms with E-state index >= 15 is 0 Å². The van der Waals surface area contributed by atoms with Crippen LogP contribution in [-0.2, 0) is 0 Å². The van der Waals surface area contributed by atoms with E-state index in [9.17, 15) is 0 Å². The Morgan fingerprint density at radius 1 is 1.75 bits per heavy atom. The second kappa shape index (κ2) is 5.82. The molecule has 0 heterocycles. The van der Waals surface area contributed by atoms with E-state index < -0.39 is 0 Å². The number of terminal acetylenes is 1. The molecule has 68 valence electrons. The summed E-state index contributed by atoms with van der Waals surface area (Å²) in [5.41, 5.74) is 1.07. The average molecular weight is 167 g/mol. The molecule has 0 aliphatic rings. The van der Waals surface area contributed by atoms with Crippen LogP contribution in [0.25, 0.3) is 0 Å². The molecule has 0 aromatic rings. The summed E-state index contributed by atoms with van der Waals surface area (Å²) in [4.78, 5) is 1.95. The quantitative estimate of drug-likeness (QED) is 0.485. The lowest BCUT2D eigenvalue weighted by atomic mass is 10.1. The summed E-state index contributed by atoms with van der Waals surface area (Å²) in [6, 6.07) is 0.110. The number of likely N-dealkylation sites (N-methyl/N-ethyl adjacent to an activating group) is 1. The number of hydrogen-bond donors (Lipinski definition) is 1. The smallest absolute Gasteiger partial charge is 0.0599 e. The predicted molar refractivity (Wildman–Crippen MR) is 51.8 cm³/mol. The summed E-state index contributed by atoms with van der Waals surface area (Å²) >= 11 is 0. The van der Waals surface area contributed by atoms with Gasteiger partial charge in [0.05, 0.1) is 13.2 Å². The molecule has 12 heavy (non-hydrogen) atoms. The molecule has 0 aliphatic heterocycles. The van der Waals surface area contributed by atoms with Gasteiger partial charge in [-0.25, -0.2) is 0 Å². The maximum atomic E-state index is 9.02. The van der Waals surface area contributed by atoms with E-state index in [0.717, 1.165) is 12.0 Å². The van der Waals surface area contributed by atoms with Gasteiger partial charge >= 0.3 is 0 Å². The monoisotopic (exact) mass is 167 g/mol. The van der Waals surface area contributed by atoms with Crippen LogP contribution in [0.1, 0.15) is 13.3 Å². The predicted octanol–water partition coefficient (Wildman–Crippen LogP) is 0.879. The van der Waals surface area contributed by atoms with Crippen molar-refractivity contribution < 1.29 is 5.11 Å². The summed E-state index contributed by atoms with van der Waals surface area (Å²) < 4.78 is 0. The number of hydrogen-bond acceptors (Lipinski definition) is 2. The van der Waals surface area contributed by atoms with Gasteiger partial charge in [0.1, 0.15) is 0 Å². The van der Waals surface area contributed by atoms with Crippen molar-refractivity contribution in [1.29, 1.82) is 0 Å². The summed E-state index contributed by atoms with van der Waals surface area (Å²) in [5.74, 6) is 2.54.